The standard InChI is InChI=1S/C29H37N3O2/c1-20-8-6-9-21(2)27(20)29(34)32-18-24-16-31(17-25(24)19-32)15-14-26(22-10-4-3-5-11-22)30-28(33)23-12-7-13-23/h3-6,8-11,23-26H,7,12-19H2,1-2H3,(H,30,33)/t24-,25?,26?/m0/s1. The summed E-state index contributed by atoms with van der Waals surface area (Å²) in [6.07, 6.45) is 4.15. The maximum absolute atomic E-state index is 13.2. The molecule has 0 bridgehead atoms. The van der Waals surface area contributed by atoms with E-state index in [4.69, 9.17) is 0 Å². The number of amides is 2. The second-order valence-electron chi connectivity index (χ2n) is 10.6. The van der Waals surface area contributed by atoms with Crippen LogP contribution < -0.4 is 5.32 Å². The number of rotatable bonds is 7. The van der Waals surface area contributed by atoms with Crippen molar-refractivity contribution >= 4 is 11.8 Å². The molecule has 5 heteroatoms. The summed E-state index contributed by atoms with van der Waals surface area (Å²) in [7, 11) is 0. The summed E-state index contributed by atoms with van der Waals surface area (Å²) < 4.78 is 0. The molecule has 1 N–H and O–H groups in total. The van der Waals surface area contributed by atoms with Crippen molar-refractivity contribution < 1.29 is 9.59 Å². The summed E-state index contributed by atoms with van der Waals surface area (Å²) in [6, 6.07) is 16.5. The first-order valence-electron chi connectivity index (χ1n) is 12.9. The predicted molar refractivity (Wildman–Crippen MR) is 135 cm³/mol. The molecule has 2 saturated heterocycles. The lowest BCUT2D eigenvalue weighted by molar-refractivity contribution is -0.128. The zero-order chi connectivity index (χ0) is 23.7. The minimum atomic E-state index is 0.0665. The molecular weight excluding hydrogens is 422 g/mol. The van der Waals surface area contributed by atoms with E-state index in [-0.39, 0.29) is 23.8 Å². The average Bonchev–Trinajstić information content (AvgIpc) is 3.35. The number of carbonyl (C=O) groups is 2. The number of fused-ring (bicyclic) bond motifs is 1. The van der Waals surface area contributed by atoms with Crippen LogP contribution in [0.15, 0.2) is 48.5 Å². The Hall–Kier alpha value is -2.66. The first-order chi connectivity index (χ1) is 16.5. The zero-order valence-corrected chi connectivity index (χ0v) is 20.5. The third-order valence-electron chi connectivity index (χ3n) is 8.27. The lowest BCUT2D eigenvalue weighted by atomic mass is 9.84. The van der Waals surface area contributed by atoms with Crippen molar-refractivity contribution in [1.82, 2.24) is 15.1 Å². The number of likely N-dealkylation sites (tertiary alicyclic amines) is 2. The fraction of sp³-hybridized carbons (Fsp3) is 0.517. The molecule has 5 rings (SSSR count). The minimum Gasteiger partial charge on any atom is -0.349 e. The number of carbonyl (C=O) groups excluding carboxylic acids is 2. The molecule has 5 nitrogen and oxygen atoms in total. The highest BCUT2D eigenvalue weighted by atomic mass is 16.2. The second-order valence-corrected chi connectivity index (χ2v) is 10.6. The summed E-state index contributed by atoms with van der Waals surface area (Å²) in [5, 5.41) is 3.34. The minimum absolute atomic E-state index is 0.0665. The molecule has 2 aromatic carbocycles. The van der Waals surface area contributed by atoms with Gasteiger partial charge in [-0.2, -0.15) is 0 Å². The van der Waals surface area contributed by atoms with Crippen LogP contribution in [0.5, 0.6) is 0 Å². The number of benzene rings is 2. The van der Waals surface area contributed by atoms with Crippen molar-refractivity contribution in [2.24, 2.45) is 17.8 Å². The average molecular weight is 460 g/mol. The van der Waals surface area contributed by atoms with Gasteiger partial charge in [-0.15, -0.1) is 0 Å². The van der Waals surface area contributed by atoms with E-state index < -0.39 is 0 Å². The van der Waals surface area contributed by atoms with E-state index in [1.165, 1.54) is 12.0 Å². The maximum Gasteiger partial charge on any atom is 0.254 e. The van der Waals surface area contributed by atoms with Crippen LogP contribution in [0.1, 0.15) is 58.8 Å². The van der Waals surface area contributed by atoms with Crippen LogP contribution in [0.2, 0.25) is 0 Å². The zero-order valence-electron chi connectivity index (χ0n) is 20.5. The number of aryl methyl sites for hydroxylation is 2. The Morgan fingerprint density at radius 2 is 1.56 bits per heavy atom. The highest BCUT2D eigenvalue weighted by Crippen LogP contribution is 2.33. The third kappa shape index (κ3) is 4.76. The normalized spacial score (nSPS) is 23.4. The summed E-state index contributed by atoms with van der Waals surface area (Å²) >= 11 is 0. The van der Waals surface area contributed by atoms with E-state index in [0.29, 0.717) is 11.8 Å². The molecule has 2 unspecified atom stereocenters. The summed E-state index contributed by atoms with van der Waals surface area (Å²) in [5.74, 6) is 1.72. The molecule has 0 spiro atoms. The van der Waals surface area contributed by atoms with Crippen LogP contribution in [0, 0.1) is 31.6 Å². The predicted octanol–water partition coefficient (Wildman–Crippen LogP) is 4.35. The van der Waals surface area contributed by atoms with Crippen molar-refractivity contribution in [2.75, 3.05) is 32.7 Å². The number of nitrogens with one attached hydrogen (secondary N) is 1. The Bertz CT molecular complexity index is 999. The quantitative estimate of drug-likeness (QED) is 0.670. The van der Waals surface area contributed by atoms with Crippen molar-refractivity contribution in [1.29, 1.82) is 0 Å². The van der Waals surface area contributed by atoms with Gasteiger partial charge in [0.25, 0.3) is 5.91 Å². The lowest BCUT2D eigenvalue weighted by Gasteiger charge is -2.29. The highest BCUT2D eigenvalue weighted by molar-refractivity contribution is 5.97. The maximum atomic E-state index is 13.2. The molecule has 1 aliphatic carbocycles. The van der Waals surface area contributed by atoms with Gasteiger partial charge in [0, 0.05) is 44.2 Å². The van der Waals surface area contributed by atoms with E-state index in [1.807, 2.05) is 38.1 Å². The van der Waals surface area contributed by atoms with Crippen molar-refractivity contribution in [3.05, 3.63) is 70.8 Å². The molecule has 1 saturated carbocycles. The SMILES string of the molecule is Cc1cccc(C)c1C(=O)N1CC2CN(CCC(NC(=O)C3CCC3)c3ccccc3)C[C@H]2C1. The Balaban J connectivity index is 1.17. The molecular formula is C29H37N3O2. The smallest absolute Gasteiger partial charge is 0.254 e. The van der Waals surface area contributed by atoms with E-state index in [1.54, 1.807) is 0 Å². The van der Waals surface area contributed by atoms with Gasteiger partial charge in [0.1, 0.15) is 0 Å². The van der Waals surface area contributed by atoms with Gasteiger partial charge >= 0.3 is 0 Å². The van der Waals surface area contributed by atoms with Crippen LogP contribution >= 0.6 is 0 Å². The molecule has 2 heterocycles. The molecule has 0 radical (unpaired) electrons. The summed E-state index contributed by atoms with van der Waals surface area (Å²) in [6.45, 7) is 8.83. The van der Waals surface area contributed by atoms with Gasteiger partial charge in [-0.05, 0) is 61.6 Å². The molecule has 2 aromatic rings. The number of nitrogens with zero attached hydrogens (tertiary/aromatic N) is 2. The molecule has 2 amide bonds. The Kier molecular flexibility index (Phi) is 6.73. The van der Waals surface area contributed by atoms with Crippen LogP contribution in [-0.4, -0.2) is 54.3 Å². The number of hydrogen-bond donors (Lipinski definition) is 1. The first-order valence-corrected chi connectivity index (χ1v) is 12.9. The van der Waals surface area contributed by atoms with E-state index in [9.17, 15) is 9.59 Å². The van der Waals surface area contributed by atoms with Crippen molar-refractivity contribution in [3.63, 3.8) is 0 Å². The Morgan fingerprint density at radius 1 is 0.912 bits per heavy atom. The van der Waals surface area contributed by atoms with Gasteiger partial charge in [-0.3, -0.25) is 9.59 Å². The molecule has 34 heavy (non-hydrogen) atoms. The third-order valence-corrected chi connectivity index (χ3v) is 8.27. The fourth-order valence-electron chi connectivity index (χ4n) is 6.03. The Morgan fingerprint density at radius 3 is 2.15 bits per heavy atom. The van der Waals surface area contributed by atoms with Gasteiger partial charge in [0.05, 0.1) is 6.04 Å². The van der Waals surface area contributed by atoms with Crippen molar-refractivity contribution in [3.8, 4) is 0 Å². The number of hydrogen-bond acceptors (Lipinski definition) is 3. The topological polar surface area (TPSA) is 52.7 Å². The van der Waals surface area contributed by atoms with E-state index in [0.717, 1.165) is 68.7 Å². The van der Waals surface area contributed by atoms with Crippen molar-refractivity contribution in [2.45, 2.75) is 45.6 Å². The van der Waals surface area contributed by atoms with Gasteiger partial charge in [-0.25, -0.2) is 0 Å². The first kappa shape index (κ1) is 23.1. The molecule has 180 valence electrons. The molecule has 3 aliphatic rings. The van der Waals surface area contributed by atoms with Crippen LogP contribution in [-0.2, 0) is 4.79 Å². The summed E-state index contributed by atoms with van der Waals surface area (Å²) in [4.78, 5) is 30.5. The van der Waals surface area contributed by atoms with E-state index >= 15 is 0 Å². The largest absolute Gasteiger partial charge is 0.349 e. The lowest BCUT2D eigenvalue weighted by Crippen LogP contribution is -2.38. The monoisotopic (exact) mass is 459 g/mol. The van der Waals surface area contributed by atoms with Gasteiger partial charge < -0.3 is 15.1 Å². The van der Waals surface area contributed by atoms with Gasteiger partial charge in [0.15, 0.2) is 0 Å². The van der Waals surface area contributed by atoms with Gasteiger partial charge in [-0.1, -0.05) is 55.0 Å². The molecule has 0 aromatic heterocycles. The Labute approximate surface area is 203 Å². The highest BCUT2D eigenvalue weighted by Gasteiger charge is 2.42. The van der Waals surface area contributed by atoms with Gasteiger partial charge in [0.2, 0.25) is 5.91 Å². The molecule has 3 atom stereocenters. The summed E-state index contributed by atoms with van der Waals surface area (Å²) in [5.41, 5.74) is 4.21. The second kappa shape index (κ2) is 9.91. The van der Waals surface area contributed by atoms with Crippen LogP contribution in [0.3, 0.4) is 0 Å². The van der Waals surface area contributed by atoms with Crippen LogP contribution in [0.25, 0.3) is 0 Å². The van der Waals surface area contributed by atoms with Crippen LogP contribution in [0.4, 0.5) is 0 Å². The molecule has 3 fully saturated rings. The fourth-order valence-corrected chi connectivity index (χ4v) is 6.03. The van der Waals surface area contributed by atoms with E-state index in [2.05, 4.69) is 39.4 Å². The molecule has 2 aliphatic heterocycles.